The number of hydrogen-bond acceptors (Lipinski definition) is 5. The third-order valence-electron chi connectivity index (χ3n) is 3.00. The third-order valence-corrected chi connectivity index (χ3v) is 4.48. The topological polar surface area (TPSA) is 111 Å². The number of amides is 1. The Kier molecular flexibility index (Phi) is 6.80. The van der Waals surface area contributed by atoms with E-state index in [4.69, 9.17) is 5.73 Å². The SMILES string of the molecule is CC(C)(CN)NC(=O)CCNS(=O)(=O)c1ccc(OC(F)(F)F)cc1. The van der Waals surface area contributed by atoms with Crippen molar-refractivity contribution in [3.05, 3.63) is 24.3 Å². The van der Waals surface area contributed by atoms with E-state index in [1.54, 1.807) is 13.8 Å². The average Bonchev–Trinajstić information content (AvgIpc) is 2.45. The molecule has 0 saturated heterocycles. The first kappa shape index (κ1) is 21.2. The molecule has 0 aromatic heterocycles. The second kappa shape index (κ2) is 8.02. The quantitative estimate of drug-likeness (QED) is 0.623. The van der Waals surface area contributed by atoms with Crippen molar-refractivity contribution in [2.24, 2.45) is 5.73 Å². The number of ether oxygens (including phenoxy) is 1. The van der Waals surface area contributed by atoms with Crippen molar-refractivity contribution in [3.8, 4) is 5.75 Å². The average molecular weight is 383 g/mol. The summed E-state index contributed by atoms with van der Waals surface area (Å²) in [5.41, 5.74) is 4.87. The number of halogens is 3. The van der Waals surface area contributed by atoms with Crippen molar-refractivity contribution in [2.75, 3.05) is 13.1 Å². The molecular formula is C14H20F3N3O4S. The molecule has 1 rings (SSSR count). The van der Waals surface area contributed by atoms with Crippen LogP contribution in [0.25, 0.3) is 0 Å². The van der Waals surface area contributed by atoms with Gasteiger partial charge in [0.15, 0.2) is 0 Å². The highest BCUT2D eigenvalue weighted by atomic mass is 32.2. The van der Waals surface area contributed by atoms with Crippen LogP contribution in [0.5, 0.6) is 5.75 Å². The zero-order valence-electron chi connectivity index (χ0n) is 13.7. The van der Waals surface area contributed by atoms with E-state index in [0.29, 0.717) is 0 Å². The summed E-state index contributed by atoms with van der Waals surface area (Å²) in [5, 5.41) is 2.64. The molecule has 0 atom stereocenters. The number of hydrogen-bond donors (Lipinski definition) is 3. The molecule has 0 unspecified atom stereocenters. The number of alkyl halides is 3. The van der Waals surface area contributed by atoms with E-state index in [-0.39, 0.29) is 30.3 Å². The van der Waals surface area contributed by atoms with Gasteiger partial charge in [-0.2, -0.15) is 0 Å². The fraction of sp³-hybridized carbons (Fsp3) is 0.500. The van der Waals surface area contributed by atoms with E-state index < -0.39 is 27.7 Å². The van der Waals surface area contributed by atoms with Crippen molar-refractivity contribution in [2.45, 2.75) is 37.1 Å². The monoisotopic (exact) mass is 383 g/mol. The minimum atomic E-state index is -4.86. The van der Waals surface area contributed by atoms with Crippen molar-refractivity contribution < 1.29 is 31.1 Å². The van der Waals surface area contributed by atoms with Gasteiger partial charge in [0, 0.05) is 25.0 Å². The third kappa shape index (κ3) is 7.71. The summed E-state index contributed by atoms with van der Waals surface area (Å²) in [7, 11) is -3.96. The van der Waals surface area contributed by atoms with Gasteiger partial charge in [0.05, 0.1) is 4.90 Å². The smallest absolute Gasteiger partial charge is 0.406 e. The van der Waals surface area contributed by atoms with Crippen LogP contribution in [0.15, 0.2) is 29.2 Å². The van der Waals surface area contributed by atoms with Crippen molar-refractivity contribution >= 4 is 15.9 Å². The molecule has 1 aromatic rings. The predicted octanol–water partition coefficient (Wildman–Crippen LogP) is 1.11. The van der Waals surface area contributed by atoms with E-state index in [1.165, 1.54) is 0 Å². The number of carbonyl (C=O) groups is 1. The fourth-order valence-electron chi connectivity index (χ4n) is 1.69. The molecular weight excluding hydrogens is 363 g/mol. The summed E-state index contributed by atoms with van der Waals surface area (Å²) >= 11 is 0. The van der Waals surface area contributed by atoms with Crippen LogP contribution in [-0.4, -0.2) is 39.3 Å². The molecule has 0 radical (unpaired) electrons. The van der Waals surface area contributed by atoms with Crippen LogP contribution in [0.2, 0.25) is 0 Å². The first-order valence-electron chi connectivity index (χ1n) is 7.21. The Labute approximate surface area is 143 Å². The Balaban J connectivity index is 2.60. The lowest BCUT2D eigenvalue weighted by Crippen LogP contribution is -2.49. The van der Waals surface area contributed by atoms with Gasteiger partial charge in [-0.25, -0.2) is 13.1 Å². The van der Waals surface area contributed by atoms with Gasteiger partial charge in [-0.3, -0.25) is 4.79 Å². The van der Waals surface area contributed by atoms with E-state index in [1.807, 2.05) is 0 Å². The van der Waals surface area contributed by atoms with Gasteiger partial charge >= 0.3 is 6.36 Å². The molecule has 7 nitrogen and oxygen atoms in total. The maximum Gasteiger partial charge on any atom is 0.573 e. The molecule has 0 bridgehead atoms. The molecule has 4 N–H and O–H groups in total. The van der Waals surface area contributed by atoms with Crippen molar-refractivity contribution in [1.29, 1.82) is 0 Å². The summed E-state index contributed by atoms with van der Waals surface area (Å²) < 4.78 is 66.1. The summed E-state index contributed by atoms with van der Waals surface area (Å²) in [5.74, 6) is -0.915. The zero-order valence-corrected chi connectivity index (χ0v) is 14.5. The van der Waals surface area contributed by atoms with Crippen molar-refractivity contribution in [1.82, 2.24) is 10.0 Å². The Hall–Kier alpha value is -1.85. The highest BCUT2D eigenvalue weighted by Crippen LogP contribution is 2.23. The van der Waals surface area contributed by atoms with Gasteiger partial charge in [0.1, 0.15) is 5.75 Å². The highest BCUT2D eigenvalue weighted by molar-refractivity contribution is 7.89. The molecule has 0 aliphatic carbocycles. The second-order valence-electron chi connectivity index (χ2n) is 5.80. The van der Waals surface area contributed by atoms with Crippen LogP contribution >= 0.6 is 0 Å². The number of nitrogens with two attached hydrogens (primary N) is 1. The van der Waals surface area contributed by atoms with Crippen LogP contribution < -0.4 is 20.5 Å². The summed E-state index contributed by atoms with van der Waals surface area (Å²) in [6.45, 7) is 3.49. The number of nitrogens with one attached hydrogen (secondary N) is 2. The first-order chi connectivity index (χ1) is 11.3. The molecule has 0 aliphatic rings. The molecule has 0 aliphatic heterocycles. The molecule has 142 valence electrons. The van der Waals surface area contributed by atoms with Gasteiger partial charge < -0.3 is 15.8 Å². The zero-order chi connectivity index (χ0) is 19.3. The Bertz CT molecular complexity index is 688. The first-order valence-corrected chi connectivity index (χ1v) is 8.69. The minimum Gasteiger partial charge on any atom is -0.406 e. The largest absolute Gasteiger partial charge is 0.573 e. The molecule has 0 heterocycles. The van der Waals surface area contributed by atoms with Gasteiger partial charge in [-0.1, -0.05) is 0 Å². The predicted molar refractivity (Wildman–Crippen MR) is 84.2 cm³/mol. The van der Waals surface area contributed by atoms with E-state index in [9.17, 15) is 26.4 Å². The number of sulfonamides is 1. The molecule has 1 amide bonds. The Morgan fingerprint density at radius 3 is 2.24 bits per heavy atom. The Morgan fingerprint density at radius 1 is 1.20 bits per heavy atom. The fourth-order valence-corrected chi connectivity index (χ4v) is 2.73. The van der Waals surface area contributed by atoms with Crippen LogP contribution in [0.4, 0.5) is 13.2 Å². The molecule has 1 aromatic carbocycles. The lowest BCUT2D eigenvalue weighted by molar-refractivity contribution is -0.274. The number of carbonyl (C=O) groups excluding carboxylic acids is 1. The van der Waals surface area contributed by atoms with E-state index in [2.05, 4.69) is 14.8 Å². The van der Waals surface area contributed by atoms with Crippen LogP contribution in [0.3, 0.4) is 0 Å². The Morgan fingerprint density at radius 2 is 1.76 bits per heavy atom. The van der Waals surface area contributed by atoms with Gasteiger partial charge in [0.25, 0.3) is 0 Å². The summed E-state index contributed by atoms with van der Waals surface area (Å²) in [6, 6.07) is 3.72. The van der Waals surface area contributed by atoms with E-state index >= 15 is 0 Å². The molecule has 0 spiro atoms. The van der Waals surface area contributed by atoms with Crippen LogP contribution in [0, 0.1) is 0 Å². The molecule has 0 saturated carbocycles. The lowest BCUT2D eigenvalue weighted by atomic mass is 10.1. The summed E-state index contributed by atoms with van der Waals surface area (Å²) in [6.07, 6.45) is -4.97. The van der Waals surface area contributed by atoms with Gasteiger partial charge in [-0.15, -0.1) is 13.2 Å². The van der Waals surface area contributed by atoms with Gasteiger partial charge in [0.2, 0.25) is 15.9 Å². The lowest BCUT2D eigenvalue weighted by Gasteiger charge is -2.24. The maximum atomic E-state index is 12.1. The second-order valence-corrected chi connectivity index (χ2v) is 7.57. The molecule has 0 fully saturated rings. The number of benzene rings is 1. The molecule has 25 heavy (non-hydrogen) atoms. The minimum absolute atomic E-state index is 0.113. The summed E-state index contributed by atoms with van der Waals surface area (Å²) in [4.78, 5) is 11.4. The van der Waals surface area contributed by atoms with Gasteiger partial charge in [-0.05, 0) is 38.1 Å². The van der Waals surface area contributed by atoms with E-state index in [0.717, 1.165) is 24.3 Å². The standard InChI is InChI=1S/C14H20F3N3O4S/c1-13(2,9-18)20-12(21)7-8-19-25(22,23)11-5-3-10(4-6-11)24-14(15,16)17/h3-6,19H,7-9,18H2,1-2H3,(H,20,21). The highest BCUT2D eigenvalue weighted by Gasteiger charge is 2.31. The van der Waals surface area contributed by atoms with Crippen LogP contribution in [0.1, 0.15) is 20.3 Å². The maximum absolute atomic E-state index is 12.1. The van der Waals surface area contributed by atoms with Crippen molar-refractivity contribution in [3.63, 3.8) is 0 Å². The molecule has 11 heteroatoms. The van der Waals surface area contributed by atoms with Crippen LogP contribution in [-0.2, 0) is 14.8 Å². The number of rotatable bonds is 8. The normalized spacial score (nSPS) is 12.7.